The van der Waals surface area contributed by atoms with Crippen molar-refractivity contribution in [2.75, 3.05) is 0 Å². The Morgan fingerprint density at radius 1 is 0.694 bits per heavy atom. The number of hydrogen-bond acceptors (Lipinski definition) is 5. The van der Waals surface area contributed by atoms with Gasteiger partial charge in [-0.05, 0) is 101 Å². The van der Waals surface area contributed by atoms with Gasteiger partial charge >= 0.3 is 0 Å². The highest BCUT2D eigenvalue weighted by Crippen LogP contribution is 2.40. The molecule has 8 rings (SSSR count). The Kier molecular flexibility index (Phi) is 8.36. The summed E-state index contributed by atoms with van der Waals surface area (Å²) in [6.45, 7) is 6.42. The monoisotopic (exact) mass is 639 g/mol. The lowest BCUT2D eigenvalue weighted by atomic mass is 9.82. The van der Waals surface area contributed by atoms with Gasteiger partial charge in [-0.2, -0.15) is 0 Å². The van der Waals surface area contributed by atoms with Crippen LogP contribution in [0, 0.1) is 13.8 Å². The maximum Gasteiger partial charge on any atom is 0.135 e. The van der Waals surface area contributed by atoms with Crippen LogP contribution in [0.2, 0.25) is 0 Å². The molecule has 3 aliphatic rings. The van der Waals surface area contributed by atoms with Gasteiger partial charge < -0.3 is 5.32 Å². The van der Waals surface area contributed by atoms with Gasteiger partial charge in [-0.25, -0.2) is 15.0 Å². The molecule has 49 heavy (non-hydrogen) atoms. The lowest BCUT2D eigenvalue weighted by Crippen LogP contribution is -2.45. The van der Waals surface area contributed by atoms with Gasteiger partial charge in [0.1, 0.15) is 24.0 Å². The Morgan fingerprint density at radius 3 is 2.14 bits per heavy atom. The summed E-state index contributed by atoms with van der Waals surface area (Å²) in [5, 5.41) is 7.52. The van der Waals surface area contributed by atoms with Crippen molar-refractivity contribution in [3.05, 3.63) is 178 Å². The fraction of sp³-hybridized carbons (Fsp3) is 0.205. The van der Waals surface area contributed by atoms with E-state index < -0.39 is 0 Å². The molecule has 4 unspecified atom stereocenters. The lowest BCUT2D eigenvalue weighted by Gasteiger charge is -2.32. The van der Waals surface area contributed by atoms with E-state index in [-0.39, 0.29) is 18.2 Å². The number of nitrogens with one attached hydrogen (secondary N) is 2. The molecular formula is C44H41N5. The summed E-state index contributed by atoms with van der Waals surface area (Å²) in [6.07, 6.45) is 13.0. The zero-order valence-corrected chi connectivity index (χ0v) is 28.3. The second-order valence-electron chi connectivity index (χ2n) is 13.5. The third-order valence-electron chi connectivity index (χ3n) is 9.81. The van der Waals surface area contributed by atoms with Crippen LogP contribution in [0.3, 0.4) is 0 Å². The largest absolute Gasteiger partial charge is 0.350 e. The molecule has 0 amide bonds. The number of aromatic nitrogens is 2. The van der Waals surface area contributed by atoms with Crippen LogP contribution >= 0.6 is 0 Å². The molecule has 4 aromatic carbocycles. The second kappa shape index (κ2) is 13.3. The first-order valence-electron chi connectivity index (χ1n) is 17.3. The highest BCUT2D eigenvalue weighted by molar-refractivity contribution is 6.02. The predicted octanol–water partition coefficient (Wildman–Crippen LogP) is 9.74. The maximum absolute atomic E-state index is 5.32. The van der Waals surface area contributed by atoms with Crippen molar-refractivity contribution in [1.29, 1.82) is 0 Å². The third-order valence-corrected chi connectivity index (χ3v) is 9.81. The predicted molar refractivity (Wildman–Crippen MR) is 201 cm³/mol. The molecule has 4 atom stereocenters. The summed E-state index contributed by atoms with van der Waals surface area (Å²) >= 11 is 0. The van der Waals surface area contributed by atoms with E-state index in [0.717, 1.165) is 47.0 Å². The average Bonchev–Trinajstić information content (AvgIpc) is 3.15. The second-order valence-corrected chi connectivity index (χ2v) is 13.5. The van der Waals surface area contributed by atoms with E-state index in [1.807, 2.05) is 19.9 Å². The fourth-order valence-electron chi connectivity index (χ4n) is 7.41. The van der Waals surface area contributed by atoms with E-state index in [1.54, 1.807) is 0 Å². The topological polar surface area (TPSA) is 62.2 Å². The minimum absolute atomic E-state index is 0.104. The summed E-state index contributed by atoms with van der Waals surface area (Å²) in [5.41, 5.74) is 13.0. The lowest BCUT2D eigenvalue weighted by molar-refractivity contribution is 0.409. The number of fused-ring (bicyclic) bond motifs is 1. The number of rotatable bonds is 6. The summed E-state index contributed by atoms with van der Waals surface area (Å²) in [4.78, 5) is 14.9. The van der Waals surface area contributed by atoms with Gasteiger partial charge in [-0.15, -0.1) is 0 Å². The molecule has 5 aromatic rings. The highest BCUT2D eigenvalue weighted by atomic mass is 15.3. The van der Waals surface area contributed by atoms with Crippen molar-refractivity contribution in [3.63, 3.8) is 0 Å². The number of amidine groups is 1. The molecule has 0 fully saturated rings. The number of aryl methyl sites for hydroxylation is 2. The van der Waals surface area contributed by atoms with E-state index in [1.165, 1.54) is 39.0 Å². The Balaban J connectivity index is 1.24. The maximum atomic E-state index is 5.32. The molecule has 2 heterocycles. The first-order chi connectivity index (χ1) is 24.0. The molecule has 1 aliphatic heterocycles. The van der Waals surface area contributed by atoms with E-state index in [0.29, 0.717) is 5.92 Å². The fourth-order valence-corrected chi connectivity index (χ4v) is 7.41. The molecule has 0 radical (unpaired) electrons. The Morgan fingerprint density at radius 2 is 1.41 bits per heavy atom. The molecule has 5 heteroatoms. The van der Waals surface area contributed by atoms with Gasteiger partial charge in [-0.1, -0.05) is 116 Å². The number of benzene rings is 4. The summed E-state index contributed by atoms with van der Waals surface area (Å²) in [7, 11) is 0. The minimum Gasteiger partial charge on any atom is -0.350 e. The van der Waals surface area contributed by atoms with Crippen molar-refractivity contribution in [1.82, 2.24) is 20.6 Å². The first-order valence-corrected chi connectivity index (χ1v) is 17.3. The smallest absolute Gasteiger partial charge is 0.135 e. The van der Waals surface area contributed by atoms with Crippen LogP contribution in [0.5, 0.6) is 0 Å². The zero-order valence-electron chi connectivity index (χ0n) is 28.3. The van der Waals surface area contributed by atoms with Gasteiger partial charge in [0, 0.05) is 22.9 Å². The summed E-state index contributed by atoms with van der Waals surface area (Å²) in [5.74, 6) is 2.37. The number of nitrogens with zero attached hydrogens (tertiary/aromatic N) is 3. The molecule has 5 nitrogen and oxygen atoms in total. The third kappa shape index (κ3) is 6.42. The molecule has 0 saturated heterocycles. The summed E-state index contributed by atoms with van der Waals surface area (Å²) in [6, 6.07) is 36.8. The SMILES string of the molecule is Cc1cc(C)nc(C2C=CC(c3cc(C4=NC(c5ccccc5)NC(c5ccccc5)N4)cc(-c4cccc5c4C(C)CC=C5)c3)=CC2)n1. The Hall–Kier alpha value is -5.39. The standard InChI is InChI=1S/C44H41N5/c1-28-12-10-17-32-18-11-19-39(40(28)32)37-25-36(31-20-22-35(23-21-31)41-45-29(2)24-30(3)46-41)26-38(27-37)44-48-42(33-13-6-4-7-14-33)47-43(49-44)34-15-8-5-9-16-34/h4-11,13-22,24-28,35,42-43,47H,12,23H2,1-3H3,(H,48,49). The molecule has 0 bridgehead atoms. The summed E-state index contributed by atoms with van der Waals surface area (Å²) < 4.78 is 0. The van der Waals surface area contributed by atoms with Crippen LogP contribution in [-0.4, -0.2) is 15.8 Å². The van der Waals surface area contributed by atoms with E-state index in [4.69, 9.17) is 15.0 Å². The quantitative estimate of drug-likeness (QED) is 0.194. The van der Waals surface area contributed by atoms with E-state index >= 15 is 0 Å². The van der Waals surface area contributed by atoms with Crippen LogP contribution in [0.4, 0.5) is 0 Å². The van der Waals surface area contributed by atoms with Gasteiger partial charge in [0.05, 0.1) is 0 Å². The van der Waals surface area contributed by atoms with Crippen LogP contribution in [0.15, 0.2) is 132 Å². The van der Waals surface area contributed by atoms with Crippen molar-refractivity contribution in [2.24, 2.45) is 4.99 Å². The van der Waals surface area contributed by atoms with Crippen LogP contribution in [0.25, 0.3) is 22.8 Å². The van der Waals surface area contributed by atoms with Crippen LogP contribution < -0.4 is 10.6 Å². The molecule has 0 saturated carbocycles. The molecule has 2 aliphatic carbocycles. The van der Waals surface area contributed by atoms with Crippen molar-refractivity contribution < 1.29 is 0 Å². The molecular weight excluding hydrogens is 599 g/mol. The van der Waals surface area contributed by atoms with Crippen molar-refractivity contribution in [3.8, 4) is 11.1 Å². The molecule has 0 spiro atoms. The van der Waals surface area contributed by atoms with Gasteiger partial charge in [0.25, 0.3) is 0 Å². The van der Waals surface area contributed by atoms with Gasteiger partial charge in [0.2, 0.25) is 0 Å². The molecule has 1 aromatic heterocycles. The molecule has 242 valence electrons. The van der Waals surface area contributed by atoms with Gasteiger partial charge in [-0.3, -0.25) is 5.32 Å². The zero-order chi connectivity index (χ0) is 33.3. The van der Waals surface area contributed by atoms with Crippen LogP contribution in [-0.2, 0) is 0 Å². The van der Waals surface area contributed by atoms with E-state index in [9.17, 15) is 0 Å². The Labute approximate surface area is 289 Å². The number of aliphatic imine (C=N–C) groups is 1. The van der Waals surface area contributed by atoms with Crippen molar-refractivity contribution >= 4 is 17.5 Å². The molecule has 2 N–H and O–H groups in total. The average molecular weight is 640 g/mol. The number of allylic oxidation sites excluding steroid dienone is 5. The number of hydrogen-bond donors (Lipinski definition) is 2. The Bertz CT molecular complexity index is 2110. The van der Waals surface area contributed by atoms with Gasteiger partial charge in [0.15, 0.2) is 0 Å². The van der Waals surface area contributed by atoms with Crippen LogP contribution in [0.1, 0.15) is 94.5 Å². The highest BCUT2D eigenvalue weighted by Gasteiger charge is 2.27. The van der Waals surface area contributed by atoms with Crippen molar-refractivity contribution in [2.45, 2.75) is 57.8 Å². The normalized spacial score (nSPS) is 21.4. The van der Waals surface area contributed by atoms with E-state index in [2.05, 4.69) is 145 Å². The minimum atomic E-state index is -0.197. The first kappa shape index (κ1) is 30.9.